The molecule has 0 radical (unpaired) electrons. The number of nitrogens with two attached hydrogens (primary N) is 1. The van der Waals surface area contributed by atoms with Crippen molar-refractivity contribution in [1.29, 1.82) is 0 Å². The number of hydrogen-bond donors (Lipinski definition) is 1. The third-order valence-corrected chi connectivity index (χ3v) is 1.85. The van der Waals surface area contributed by atoms with E-state index in [1.807, 2.05) is 0 Å². The summed E-state index contributed by atoms with van der Waals surface area (Å²) in [6.07, 6.45) is 5.25. The van der Waals surface area contributed by atoms with Crippen molar-refractivity contribution in [3.05, 3.63) is 0 Å². The number of alkyl halides is 1. The molecular weight excluding hydrogens is 213 g/mol. The lowest BCUT2D eigenvalue weighted by atomic mass is 10.2. The molecule has 0 fully saturated rings. The number of rotatable bonds is 5. The van der Waals surface area contributed by atoms with Crippen LogP contribution in [0.3, 0.4) is 0 Å². The fraction of sp³-hybridized carbons (Fsp3) is 1.00. The molecule has 0 aromatic carbocycles. The maximum absolute atomic E-state index is 5.31. The van der Waals surface area contributed by atoms with Crippen LogP contribution in [0.4, 0.5) is 0 Å². The Kier molecular flexibility index (Phi) is 8.35. The second-order valence-corrected chi connectivity index (χ2v) is 2.97. The summed E-state index contributed by atoms with van der Waals surface area (Å²) in [6.45, 7) is 0.862. The van der Waals surface area contributed by atoms with E-state index in [9.17, 15) is 0 Å². The molecule has 0 bridgehead atoms. The highest BCUT2D eigenvalue weighted by Crippen LogP contribution is 2.00. The zero-order valence-corrected chi connectivity index (χ0v) is 7.36. The van der Waals surface area contributed by atoms with E-state index in [0.29, 0.717) is 0 Å². The van der Waals surface area contributed by atoms with E-state index in [4.69, 9.17) is 5.73 Å². The predicted molar refractivity (Wildman–Crippen MR) is 46.4 cm³/mol. The minimum Gasteiger partial charge on any atom is -0.330 e. The van der Waals surface area contributed by atoms with Crippen molar-refractivity contribution < 1.29 is 0 Å². The fourth-order valence-corrected chi connectivity index (χ4v) is 1.13. The van der Waals surface area contributed by atoms with Crippen LogP contribution in [0, 0.1) is 0 Å². The van der Waals surface area contributed by atoms with Gasteiger partial charge in [-0.3, -0.25) is 0 Å². The Labute approximate surface area is 65.2 Å². The van der Waals surface area contributed by atoms with Gasteiger partial charge in [0.05, 0.1) is 0 Å². The SMILES string of the molecule is NCCCCCCI. The van der Waals surface area contributed by atoms with Crippen LogP contribution < -0.4 is 5.73 Å². The molecule has 0 unspecified atom stereocenters. The molecule has 0 amide bonds. The van der Waals surface area contributed by atoms with Gasteiger partial charge in [-0.1, -0.05) is 35.4 Å². The molecule has 0 rings (SSSR count). The van der Waals surface area contributed by atoms with E-state index in [2.05, 4.69) is 22.6 Å². The summed E-state index contributed by atoms with van der Waals surface area (Å²) in [5.74, 6) is 0. The summed E-state index contributed by atoms with van der Waals surface area (Å²) >= 11 is 2.41. The van der Waals surface area contributed by atoms with Crippen LogP contribution in [0.2, 0.25) is 0 Å². The van der Waals surface area contributed by atoms with Gasteiger partial charge >= 0.3 is 0 Å². The van der Waals surface area contributed by atoms with Crippen molar-refractivity contribution in [3.8, 4) is 0 Å². The second kappa shape index (κ2) is 7.69. The highest BCUT2D eigenvalue weighted by molar-refractivity contribution is 14.1. The van der Waals surface area contributed by atoms with E-state index >= 15 is 0 Å². The Balaban J connectivity index is 2.53. The lowest BCUT2D eigenvalue weighted by Crippen LogP contribution is -1.97. The van der Waals surface area contributed by atoms with Crippen LogP contribution in [0.15, 0.2) is 0 Å². The Morgan fingerprint density at radius 1 is 1.00 bits per heavy atom. The van der Waals surface area contributed by atoms with Gasteiger partial charge in [-0.25, -0.2) is 0 Å². The molecule has 0 aliphatic heterocycles. The Morgan fingerprint density at radius 2 is 1.62 bits per heavy atom. The first kappa shape index (κ1) is 8.69. The maximum Gasteiger partial charge on any atom is -0.000473 e. The molecule has 2 N–H and O–H groups in total. The van der Waals surface area contributed by atoms with Crippen molar-refractivity contribution >= 4 is 22.6 Å². The third kappa shape index (κ3) is 6.69. The Morgan fingerprint density at radius 3 is 2.12 bits per heavy atom. The van der Waals surface area contributed by atoms with E-state index in [-0.39, 0.29) is 0 Å². The first-order valence-corrected chi connectivity index (χ1v) is 4.70. The largest absolute Gasteiger partial charge is 0.330 e. The smallest absolute Gasteiger partial charge is 0.000473 e. The monoisotopic (exact) mass is 227 g/mol. The highest BCUT2D eigenvalue weighted by atomic mass is 127. The van der Waals surface area contributed by atoms with Gasteiger partial charge in [0.15, 0.2) is 0 Å². The van der Waals surface area contributed by atoms with Crippen LogP contribution >= 0.6 is 22.6 Å². The standard InChI is InChI=1S/C6H14IN/c7-5-3-1-2-4-6-8/h1-6,8H2. The summed E-state index contributed by atoms with van der Waals surface area (Å²) in [4.78, 5) is 0. The Hall–Kier alpha value is 0.690. The minimum absolute atomic E-state index is 0.862. The molecular formula is C6H14IN. The molecule has 0 spiro atoms. The molecule has 0 aromatic heterocycles. The quantitative estimate of drug-likeness (QED) is 0.433. The van der Waals surface area contributed by atoms with Gasteiger partial charge in [-0.2, -0.15) is 0 Å². The molecule has 0 saturated carbocycles. The first-order valence-electron chi connectivity index (χ1n) is 3.18. The number of hydrogen-bond acceptors (Lipinski definition) is 1. The zero-order valence-electron chi connectivity index (χ0n) is 5.20. The minimum atomic E-state index is 0.862. The average molecular weight is 227 g/mol. The van der Waals surface area contributed by atoms with Crippen LogP contribution in [0.1, 0.15) is 25.7 Å². The van der Waals surface area contributed by atoms with E-state index in [0.717, 1.165) is 6.54 Å². The molecule has 0 aliphatic carbocycles. The molecule has 1 nitrogen and oxygen atoms in total. The van der Waals surface area contributed by atoms with Gasteiger partial charge in [-0.05, 0) is 23.8 Å². The summed E-state index contributed by atoms with van der Waals surface area (Å²) in [5.41, 5.74) is 5.31. The zero-order chi connectivity index (χ0) is 6.24. The van der Waals surface area contributed by atoms with Crippen molar-refractivity contribution in [1.82, 2.24) is 0 Å². The van der Waals surface area contributed by atoms with Crippen LogP contribution in [0.5, 0.6) is 0 Å². The normalized spacial score (nSPS) is 9.75. The summed E-state index contributed by atoms with van der Waals surface area (Å²) < 4.78 is 1.29. The second-order valence-electron chi connectivity index (χ2n) is 1.89. The Bertz CT molecular complexity index is 33.5. The van der Waals surface area contributed by atoms with Crippen molar-refractivity contribution in [2.75, 3.05) is 11.0 Å². The van der Waals surface area contributed by atoms with Gasteiger partial charge in [0.1, 0.15) is 0 Å². The van der Waals surface area contributed by atoms with Gasteiger partial charge < -0.3 is 5.73 Å². The van der Waals surface area contributed by atoms with Gasteiger partial charge in [-0.15, -0.1) is 0 Å². The summed E-state index contributed by atoms with van der Waals surface area (Å²) in [7, 11) is 0. The lowest BCUT2D eigenvalue weighted by molar-refractivity contribution is 0.681. The third-order valence-electron chi connectivity index (χ3n) is 1.09. The molecule has 0 heterocycles. The molecule has 0 atom stereocenters. The number of unbranched alkanes of at least 4 members (excludes halogenated alkanes) is 3. The first-order chi connectivity index (χ1) is 3.91. The summed E-state index contributed by atoms with van der Waals surface area (Å²) in [5, 5.41) is 0. The summed E-state index contributed by atoms with van der Waals surface area (Å²) in [6, 6.07) is 0. The van der Waals surface area contributed by atoms with Gasteiger partial charge in [0, 0.05) is 0 Å². The van der Waals surface area contributed by atoms with Crippen LogP contribution in [0.25, 0.3) is 0 Å². The van der Waals surface area contributed by atoms with Crippen LogP contribution in [-0.2, 0) is 0 Å². The predicted octanol–water partition coefficient (Wildman–Crippen LogP) is 1.94. The van der Waals surface area contributed by atoms with Crippen molar-refractivity contribution in [2.45, 2.75) is 25.7 Å². The van der Waals surface area contributed by atoms with E-state index in [1.54, 1.807) is 0 Å². The van der Waals surface area contributed by atoms with E-state index in [1.165, 1.54) is 30.1 Å². The molecule has 2 heteroatoms. The molecule has 50 valence electrons. The average Bonchev–Trinajstić information content (AvgIpc) is 1.81. The molecule has 0 aliphatic rings. The highest BCUT2D eigenvalue weighted by Gasteiger charge is 1.84. The van der Waals surface area contributed by atoms with Crippen LogP contribution in [-0.4, -0.2) is 11.0 Å². The maximum atomic E-state index is 5.31. The molecule has 8 heavy (non-hydrogen) atoms. The number of halogens is 1. The van der Waals surface area contributed by atoms with E-state index < -0.39 is 0 Å². The van der Waals surface area contributed by atoms with Gasteiger partial charge in [0.25, 0.3) is 0 Å². The van der Waals surface area contributed by atoms with Crippen molar-refractivity contribution in [3.63, 3.8) is 0 Å². The molecule has 0 aromatic rings. The molecule has 0 saturated heterocycles. The fourth-order valence-electron chi connectivity index (χ4n) is 0.592. The topological polar surface area (TPSA) is 26.0 Å². The lowest BCUT2D eigenvalue weighted by Gasteiger charge is -1.93. The van der Waals surface area contributed by atoms with Gasteiger partial charge in [0.2, 0.25) is 0 Å². The van der Waals surface area contributed by atoms with Crippen molar-refractivity contribution in [2.24, 2.45) is 5.73 Å².